The van der Waals surface area contributed by atoms with E-state index >= 15 is 0 Å². The molecule has 0 atom stereocenters. The fourth-order valence-electron chi connectivity index (χ4n) is 1.85. The van der Waals surface area contributed by atoms with E-state index in [0.29, 0.717) is 15.6 Å². The predicted octanol–water partition coefficient (Wildman–Crippen LogP) is 3.33. The van der Waals surface area contributed by atoms with E-state index in [0.717, 1.165) is 0 Å². The summed E-state index contributed by atoms with van der Waals surface area (Å²) < 4.78 is 0.675. The van der Waals surface area contributed by atoms with Crippen LogP contribution in [-0.4, -0.2) is 35.3 Å². The minimum absolute atomic E-state index is 0.206. The molecule has 2 aromatic carbocycles. The number of halogens is 2. The van der Waals surface area contributed by atoms with Crippen molar-refractivity contribution >= 4 is 45.6 Å². The van der Waals surface area contributed by atoms with Crippen LogP contribution in [0.1, 0.15) is 26.3 Å². The molecule has 0 aliphatic rings. The molecule has 0 fully saturated rings. The van der Waals surface area contributed by atoms with Crippen molar-refractivity contribution in [3.63, 3.8) is 0 Å². The average Bonchev–Trinajstić information content (AvgIpc) is 2.59. The zero-order valence-corrected chi connectivity index (χ0v) is 14.9. The van der Waals surface area contributed by atoms with Gasteiger partial charge >= 0.3 is 0 Å². The maximum absolute atomic E-state index is 12.3. The van der Waals surface area contributed by atoms with E-state index in [4.69, 9.17) is 16.8 Å². The molecule has 0 aliphatic heterocycles. The van der Waals surface area contributed by atoms with Crippen LogP contribution >= 0.6 is 27.5 Å². The van der Waals surface area contributed by atoms with Crippen LogP contribution in [0, 0.1) is 0 Å². The van der Waals surface area contributed by atoms with Gasteiger partial charge in [-0.25, -0.2) is 10.5 Å². The van der Waals surface area contributed by atoms with Crippen LogP contribution in [0.25, 0.3) is 0 Å². The Bertz CT molecular complexity index is 811. The van der Waals surface area contributed by atoms with Crippen LogP contribution in [0.2, 0.25) is 5.02 Å². The molecule has 2 N–H and O–H groups in total. The molecule has 124 valence electrons. The van der Waals surface area contributed by atoms with Gasteiger partial charge in [0.1, 0.15) is 0 Å². The fraction of sp³-hybridized carbons (Fsp3) is 0.0625. The molecule has 0 spiro atoms. The molecule has 0 unspecified atom stereocenters. The van der Waals surface area contributed by atoms with E-state index in [9.17, 15) is 9.59 Å². The van der Waals surface area contributed by atoms with Crippen LogP contribution in [0.3, 0.4) is 0 Å². The Kier molecular flexibility index (Phi) is 6.08. The third kappa shape index (κ3) is 4.19. The van der Waals surface area contributed by atoms with Crippen molar-refractivity contribution in [3.05, 3.63) is 68.7 Å². The van der Waals surface area contributed by atoms with Crippen LogP contribution in [0.15, 0.2) is 52.0 Å². The van der Waals surface area contributed by atoms with E-state index in [-0.39, 0.29) is 16.5 Å². The highest BCUT2D eigenvalue weighted by Gasteiger charge is 2.13. The third-order valence-corrected chi connectivity index (χ3v) is 4.15. The number of hydroxylamine groups is 1. The zero-order valence-electron chi connectivity index (χ0n) is 12.5. The summed E-state index contributed by atoms with van der Waals surface area (Å²) in [6.07, 6.45) is 1.41. The van der Waals surface area contributed by atoms with Crippen molar-refractivity contribution in [2.24, 2.45) is 5.10 Å². The summed E-state index contributed by atoms with van der Waals surface area (Å²) in [5, 5.41) is 14.1. The molecule has 2 amide bonds. The van der Waals surface area contributed by atoms with Crippen molar-refractivity contribution < 1.29 is 14.8 Å². The van der Waals surface area contributed by atoms with E-state index in [1.807, 2.05) is 6.07 Å². The number of nitrogens with zero attached hydrogens (tertiary/aromatic N) is 2. The van der Waals surface area contributed by atoms with E-state index < -0.39 is 5.91 Å². The molecule has 0 aromatic heterocycles. The lowest BCUT2D eigenvalue weighted by molar-refractivity contribution is 0.0706. The van der Waals surface area contributed by atoms with Gasteiger partial charge < -0.3 is 0 Å². The van der Waals surface area contributed by atoms with Crippen molar-refractivity contribution in [1.82, 2.24) is 10.5 Å². The van der Waals surface area contributed by atoms with Gasteiger partial charge in [-0.2, -0.15) is 5.10 Å². The number of hydrogen-bond acceptors (Lipinski definition) is 4. The monoisotopic (exact) mass is 409 g/mol. The lowest BCUT2D eigenvalue weighted by Gasteiger charge is -2.12. The molecule has 8 heteroatoms. The number of amides is 2. The van der Waals surface area contributed by atoms with Gasteiger partial charge in [-0.15, -0.1) is 0 Å². The highest BCUT2D eigenvalue weighted by Crippen LogP contribution is 2.19. The second-order valence-electron chi connectivity index (χ2n) is 4.73. The molecule has 0 bridgehead atoms. The van der Waals surface area contributed by atoms with Crippen LogP contribution in [-0.2, 0) is 0 Å². The Morgan fingerprint density at radius 1 is 1.29 bits per heavy atom. The van der Waals surface area contributed by atoms with Crippen molar-refractivity contribution in [2.45, 2.75) is 0 Å². The molecule has 0 aliphatic carbocycles. The maximum atomic E-state index is 12.3. The number of benzene rings is 2. The highest BCUT2D eigenvalue weighted by atomic mass is 79.9. The summed E-state index contributed by atoms with van der Waals surface area (Å²) in [5.74, 6) is -0.951. The van der Waals surface area contributed by atoms with Gasteiger partial charge in [0.05, 0.1) is 16.8 Å². The number of rotatable bonds is 4. The standard InChI is InChI=1S/C16H13BrClN3O3/c1-21(16(23)12-4-2-3-5-13(12)17)19-9-11-7-6-10(8-14(11)18)15(22)20-24/h2-9,24H,1H3,(H,20,22)/b19-9+. The molecular formula is C16H13BrClN3O3. The first kappa shape index (κ1) is 18.1. The first-order valence-electron chi connectivity index (χ1n) is 6.74. The van der Waals surface area contributed by atoms with Crippen molar-refractivity contribution in [2.75, 3.05) is 7.05 Å². The molecule has 24 heavy (non-hydrogen) atoms. The van der Waals surface area contributed by atoms with Gasteiger partial charge in [0.15, 0.2) is 0 Å². The maximum Gasteiger partial charge on any atom is 0.274 e. The van der Waals surface area contributed by atoms with Gasteiger partial charge in [-0.1, -0.05) is 29.8 Å². The van der Waals surface area contributed by atoms with Gasteiger partial charge in [-0.3, -0.25) is 14.8 Å². The van der Waals surface area contributed by atoms with Gasteiger partial charge in [0.25, 0.3) is 11.8 Å². The molecule has 0 heterocycles. The zero-order chi connectivity index (χ0) is 17.7. The summed E-state index contributed by atoms with van der Waals surface area (Å²) in [7, 11) is 1.53. The SMILES string of the molecule is CN(/N=C/c1ccc(C(=O)NO)cc1Cl)C(=O)c1ccccc1Br. The molecule has 0 saturated heterocycles. The van der Waals surface area contributed by atoms with Gasteiger partial charge in [0.2, 0.25) is 0 Å². The number of carbonyl (C=O) groups is 2. The first-order valence-corrected chi connectivity index (χ1v) is 7.91. The molecule has 0 radical (unpaired) electrons. The first-order chi connectivity index (χ1) is 11.4. The minimum Gasteiger partial charge on any atom is -0.288 e. The quantitative estimate of drug-likeness (QED) is 0.461. The average molecular weight is 411 g/mol. The number of hydrazone groups is 1. The van der Waals surface area contributed by atoms with Crippen molar-refractivity contribution in [1.29, 1.82) is 0 Å². The van der Waals surface area contributed by atoms with Gasteiger partial charge in [-0.05, 0) is 40.2 Å². The van der Waals surface area contributed by atoms with E-state index in [1.165, 1.54) is 35.9 Å². The second kappa shape index (κ2) is 8.05. The predicted molar refractivity (Wildman–Crippen MR) is 94.5 cm³/mol. The summed E-state index contributed by atoms with van der Waals surface area (Å²) >= 11 is 9.39. The lowest BCUT2D eigenvalue weighted by atomic mass is 10.1. The van der Waals surface area contributed by atoms with Crippen LogP contribution < -0.4 is 5.48 Å². The largest absolute Gasteiger partial charge is 0.288 e. The Hall–Kier alpha value is -2.22. The molecule has 0 saturated carbocycles. The minimum atomic E-state index is -0.665. The molecular weight excluding hydrogens is 398 g/mol. The Morgan fingerprint density at radius 3 is 2.62 bits per heavy atom. The second-order valence-corrected chi connectivity index (χ2v) is 5.99. The Labute approximate surface area is 151 Å². The van der Waals surface area contributed by atoms with Crippen LogP contribution in [0.5, 0.6) is 0 Å². The van der Waals surface area contributed by atoms with Crippen LogP contribution in [0.4, 0.5) is 0 Å². The summed E-state index contributed by atoms with van der Waals surface area (Å²) in [4.78, 5) is 23.6. The van der Waals surface area contributed by atoms with Gasteiger partial charge in [0, 0.05) is 22.6 Å². The Balaban J connectivity index is 2.17. The van der Waals surface area contributed by atoms with Crippen molar-refractivity contribution in [3.8, 4) is 0 Å². The molecule has 6 nitrogen and oxygen atoms in total. The normalized spacial score (nSPS) is 10.7. The number of nitrogens with one attached hydrogen (secondary N) is 1. The fourth-order valence-corrected chi connectivity index (χ4v) is 2.53. The third-order valence-electron chi connectivity index (χ3n) is 3.13. The Morgan fingerprint density at radius 2 is 2.00 bits per heavy atom. The summed E-state index contributed by atoms with van der Waals surface area (Å²) in [5.41, 5.74) is 2.74. The molecule has 2 aromatic rings. The van der Waals surface area contributed by atoms with E-state index in [2.05, 4.69) is 21.0 Å². The molecule has 2 rings (SSSR count). The summed E-state index contributed by atoms with van der Waals surface area (Å²) in [6, 6.07) is 11.5. The highest BCUT2D eigenvalue weighted by molar-refractivity contribution is 9.10. The lowest BCUT2D eigenvalue weighted by Crippen LogP contribution is -2.21. The summed E-state index contributed by atoms with van der Waals surface area (Å²) in [6.45, 7) is 0. The van der Waals surface area contributed by atoms with E-state index in [1.54, 1.807) is 24.3 Å². The smallest absolute Gasteiger partial charge is 0.274 e. The topological polar surface area (TPSA) is 82.0 Å². The number of carbonyl (C=O) groups excluding carboxylic acids is 2. The number of hydrogen-bond donors (Lipinski definition) is 2.